The van der Waals surface area contributed by atoms with Crippen LogP contribution in [0.5, 0.6) is 0 Å². The van der Waals surface area contributed by atoms with Crippen molar-refractivity contribution < 1.29 is 24.6 Å². The van der Waals surface area contributed by atoms with Crippen molar-refractivity contribution in [3.63, 3.8) is 0 Å². The molecule has 1 atom stereocenters. The number of hydrogen-bond donors (Lipinski definition) is 3. The van der Waals surface area contributed by atoms with E-state index in [1.54, 1.807) is 0 Å². The van der Waals surface area contributed by atoms with Crippen LogP contribution in [0.25, 0.3) is 0 Å². The largest absolute Gasteiger partial charge is 0.480 e. The molecule has 0 aromatic carbocycles. The van der Waals surface area contributed by atoms with Crippen molar-refractivity contribution in [3.8, 4) is 0 Å². The quantitative estimate of drug-likeness (QED) is 0.554. The van der Waals surface area contributed by atoms with Crippen LogP contribution in [0.4, 0.5) is 0 Å². The smallest absolute Gasteiger partial charge is 0.328 e. The van der Waals surface area contributed by atoms with Gasteiger partial charge in [0.2, 0.25) is 5.91 Å². The zero-order valence-corrected chi connectivity index (χ0v) is 8.78. The van der Waals surface area contributed by atoms with Gasteiger partial charge in [-0.15, -0.1) is 11.8 Å². The molecule has 0 aliphatic heterocycles. The molecule has 0 aromatic heterocycles. The highest BCUT2D eigenvalue weighted by Gasteiger charge is 2.17. The third-order valence-electron chi connectivity index (χ3n) is 1.25. The summed E-state index contributed by atoms with van der Waals surface area (Å²) >= 11 is 1.00. The second kappa shape index (κ2) is 6.88. The number of aliphatic carboxylic acids is 2. The van der Waals surface area contributed by atoms with E-state index in [-0.39, 0.29) is 5.75 Å². The Labute approximate surface area is 90.4 Å². The molecule has 0 aliphatic carbocycles. The lowest BCUT2D eigenvalue weighted by atomic mass is 10.3. The minimum absolute atomic E-state index is 0.0820. The molecule has 0 saturated carbocycles. The zero-order valence-electron chi connectivity index (χ0n) is 7.97. The van der Waals surface area contributed by atoms with E-state index < -0.39 is 23.9 Å². The van der Waals surface area contributed by atoms with Gasteiger partial charge in [-0.05, 0) is 5.41 Å². The van der Waals surface area contributed by atoms with Gasteiger partial charge < -0.3 is 15.5 Å². The summed E-state index contributed by atoms with van der Waals surface area (Å²) in [6, 6.07) is -1.01. The molecule has 15 heavy (non-hydrogen) atoms. The van der Waals surface area contributed by atoms with Crippen LogP contribution in [0.1, 0.15) is 6.92 Å². The van der Waals surface area contributed by atoms with E-state index >= 15 is 0 Å². The molecule has 0 radical (unpaired) electrons. The minimum atomic E-state index is -1.15. The monoisotopic (exact) mass is 233 g/mol. The maximum absolute atomic E-state index is 10.6. The Kier molecular flexibility index (Phi) is 6.19. The highest BCUT2D eigenvalue weighted by atomic mass is 32.2. The van der Waals surface area contributed by atoms with Gasteiger partial charge >= 0.3 is 11.9 Å². The minimum Gasteiger partial charge on any atom is -0.480 e. The molecule has 0 fully saturated rings. The number of carboxylic acid groups (broad SMARTS) is 2. The van der Waals surface area contributed by atoms with Crippen LogP contribution >= 0.6 is 11.8 Å². The third kappa shape index (κ3) is 7.56. The molecular formula is C8H11NO5S. The Morgan fingerprint density at radius 2 is 2.00 bits per heavy atom. The van der Waals surface area contributed by atoms with E-state index in [2.05, 4.69) is 5.32 Å². The Balaban J connectivity index is 4.02. The predicted molar refractivity (Wildman–Crippen MR) is 54.5 cm³/mol. The molecule has 0 rings (SSSR count). The lowest BCUT2D eigenvalue weighted by Gasteiger charge is -2.10. The van der Waals surface area contributed by atoms with Crippen molar-refractivity contribution in [2.45, 2.75) is 13.0 Å². The van der Waals surface area contributed by atoms with Gasteiger partial charge in [0.25, 0.3) is 0 Å². The van der Waals surface area contributed by atoms with Crippen LogP contribution in [-0.2, 0) is 14.4 Å². The number of carboxylic acids is 2. The van der Waals surface area contributed by atoms with E-state index in [0.29, 0.717) is 0 Å². The number of nitrogens with one attached hydrogen (secondary N) is 1. The number of thioether (sulfide) groups is 1. The fraction of sp³-hybridized carbons (Fsp3) is 0.375. The Hall–Kier alpha value is -1.50. The summed E-state index contributed by atoms with van der Waals surface area (Å²) in [6.07, 6.45) is 0.900. The van der Waals surface area contributed by atoms with Gasteiger partial charge in [-0.25, -0.2) is 9.59 Å². The molecule has 0 spiro atoms. The summed E-state index contributed by atoms with van der Waals surface area (Å²) < 4.78 is 0. The lowest BCUT2D eigenvalue weighted by molar-refractivity contribution is -0.140. The van der Waals surface area contributed by atoms with Gasteiger partial charge in [0, 0.05) is 18.8 Å². The normalized spacial score (nSPS) is 12.3. The summed E-state index contributed by atoms with van der Waals surface area (Å²) in [4.78, 5) is 31.3. The number of carbonyl (C=O) groups excluding carboxylic acids is 1. The number of carbonyl (C=O) groups is 3. The summed E-state index contributed by atoms with van der Waals surface area (Å²) in [6.45, 7) is 1.22. The average molecular weight is 233 g/mol. The van der Waals surface area contributed by atoms with Crippen LogP contribution in [0, 0.1) is 0 Å². The molecule has 84 valence electrons. The predicted octanol–water partition coefficient (Wildman–Crippen LogP) is -0.0928. The first kappa shape index (κ1) is 13.5. The van der Waals surface area contributed by atoms with E-state index in [1.807, 2.05) is 0 Å². The fourth-order valence-corrected chi connectivity index (χ4v) is 1.42. The molecule has 6 nitrogen and oxygen atoms in total. The van der Waals surface area contributed by atoms with Gasteiger partial charge in [-0.1, -0.05) is 0 Å². The lowest BCUT2D eigenvalue weighted by Crippen LogP contribution is -2.41. The van der Waals surface area contributed by atoms with E-state index in [0.717, 1.165) is 17.8 Å². The first-order valence-corrected chi connectivity index (χ1v) is 4.99. The van der Waals surface area contributed by atoms with Crippen LogP contribution < -0.4 is 5.32 Å². The zero-order chi connectivity index (χ0) is 11.8. The molecule has 0 aromatic rings. The number of rotatable bonds is 6. The summed E-state index contributed by atoms with van der Waals surface area (Å²) in [7, 11) is 0. The van der Waals surface area contributed by atoms with E-state index in [4.69, 9.17) is 10.2 Å². The maximum atomic E-state index is 10.6. The molecule has 0 saturated heterocycles. The van der Waals surface area contributed by atoms with Crippen molar-refractivity contribution in [2.24, 2.45) is 0 Å². The second-order valence-corrected chi connectivity index (χ2v) is 3.50. The van der Waals surface area contributed by atoms with Crippen molar-refractivity contribution in [3.05, 3.63) is 11.5 Å². The molecule has 0 heterocycles. The summed E-state index contributed by atoms with van der Waals surface area (Å²) in [5.41, 5.74) is 0. The molecule has 1 amide bonds. The van der Waals surface area contributed by atoms with Gasteiger partial charge in [0.15, 0.2) is 0 Å². The Morgan fingerprint density at radius 3 is 2.40 bits per heavy atom. The Morgan fingerprint density at radius 1 is 1.40 bits per heavy atom. The van der Waals surface area contributed by atoms with Gasteiger partial charge in [0.1, 0.15) is 6.04 Å². The molecule has 3 N–H and O–H groups in total. The molecule has 0 bridgehead atoms. The average Bonchev–Trinajstić information content (AvgIpc) is 2.08. The van der Waals surface area contributed by atoms with Crippen molar-refractivity contribution in [2.75, 3.05) is 5.75 Å². The fourth-order valence-electron chi connectivity index (χ4n) is 0.678. The topological polar surface area (TPSA) is 104 Å². The van der Waals surface area contributed by atoms with Gasteiger partial charge in [-0.3, -0.25) is 4.79 Å². The standard InChI is InChI=1S/C8H11NO5S/c1-5(10)9-6(8(13)14)4-15-3-2-7(11)12/h2-3,6H,4H2,1H3,(H,9,10)(H,11,12)(H,13,14)/b3-2+. The first-order chi connectivity index (χ1) is 6.93. The van der Waals surface area contributed by atoms with Crippen molar-refractivity contribution in [1.82, 2.24) is 5.32 Å². The van der Waals surface area contributed by atoms with Gasteiger partial charge in [0.05, 0.1) is 0 Å². The molecule has 1 unspecified atom stereocenters. The second-order valence-electron chi connectivity index (χ2n) is 2.57. The highest BCUT2D eigenvalue weighted by molar-refractivity contribution is 8.02. The van der Waals surface area contributed by atoms with Crippen LogP contribution in [0.2, 0.25) is 0 Å². The molecule has 0 aliphatic rings. The van der Waals surface area contributed by atoms with Crippen molar-refractivity contribution in [1.29, 1.82) is 0 Å². The van der Waals surface area contributed by atoms with E-state index in [1.165, 1.54) is 12.3 Å². The van der Waals surface area contributed by atoms with Crippen molar-refractivity contribution >= 4 is 29.6 Å². The first-order valence-electron chi connectivity index (χ1n) is 3.94. The van der Waals surface area contributed by atoms with Crippen LogP contribution in [0.3, 0.4) is 0 Å². The number of amides is 1. The third-order valence-corrected chi connectivity index (χ3v) is 2.10. The highest BCUT2D eigenvalue weighted by Crippen LogP contribution is 2.05. The Bertz CT molecular complexity index is 289. The maximum Gasteiger partial charge on any atom is 0.328 e. The molecular weight excluding hydrogens is 222 g/mol. The van der Waals surface area contributed by atoms with E-state index in [9.17, 15) is 14.4 Å². The summed E-state index contributed by atoms with van der Waals surface area (Å²) in [5, 5.41) is 20.4. The number of hydrogen-bond acceptors (Lipinski definition) is 4. The van der Waals surface area contributed by atoms with Crippen LogP contribution in [-0.4, -0.2) is 39.9 Å². The summed E-state index contributed by atoms with van der Waals surface area (Å²) in [5.74, 6) is -2.61. The van der Waals surface area contributed by atoms with Crippen LogP contribution in [0.15, 0.2) is 11.5 Å². The van der Waals surface area contributed by atoms with Gasteiger partial charge in [-0.2, -0.15) is 0 Å². The molecule has 7 heteroatoms. The SMILES string of the molecule is CC(=O)NC(CS/C=C/C(=O)O)C(=O)O.